The van der Waals surface area contributed by atoms with Gasteiger partial charge in [-0.25, -0.2) is 4.39 Å². The lowest BCUT2D eigenvalue weighted by Gasteiger charge is -2.27. The van der Waals surface area contributed by atoms with Crippen LogP contribution in [0.1, 0.15) is 18.4 Å². The van der Waals surface area contributed by atoms with Gasteiger partial charge in [-0.1, -0.05) is 6.07 Å². The molecule has 1 aromatic carbocycles. The molecule has 1 aliphatic rings. The first-order valence-electron chi connectivity index (χ1n) is 6.48. The Morgan fingerprint density at radius 3 is 2.78 bits per heavy atom. The van der Waals surface area contributed by atoms with Gasteiger partial charge in [0.25, 0.3) is 0 Å². The predicted octanol–water partition coefficient (Wildman–Crippen LogP) is 3.02. The van der Waals surface area contributed by atoms with Crippen LogP contribution in [-0.2, 0) is 6.54 Å². The van der Waals surface area contributed by atoms with Crippen LogP contribution in [0.2, 0.25) is 0 Å². The van der Waals surface area contributed by atoms with Gasteiger partial charge in [0.2, 0.25) is 0 Å². The van der Waals surface area contributed by atoms with E-state index in [1.165, 1.54) is 12.8 Å². The molecule has 2 nitrogen and oxygen atoms in total. The second-order valence-electron chi connectivity index (χ2n) is 5.14. The molecule has 0 saturated carbocycles. The fourth-order valence-corrected chi connectivity index (χ4v) is 2.77. The average molecular weight is 315 g/mol. The summed E-state index contributed by atoms with van der Waals surface area (Å²) in [5.74, 6) is 0.597. The third-order valence-corrected chi connectivity index (χ3v) is 4.11. The molecule has 0 bridgehead atoms. The molecule has 1 aliphatic heterocycles. The van der Waals surface area contributed by atoms with Crippen molar-refractivity contribution in [1.29, 1.82) is 0 Å². The lowest BCUT2D eigenvalue weighted by molar-refractivity contribution is 0.234. The summed E-state index contributed by atoms with van der Waals surface area (Å²) >= 11 is 3.18. The highest BCUT2D eigenvalue weighted by molar-refractivity contribution is 9.10. The normalized spacial score (nSPS) is 17.3. The highest BCUT2D eigenvalue weighted by atomic mass is 79.9. The van der Waals surface area contributed by atoms with E-state index in [4.69, 9.17) is 0 Å². The van der Waals surface area contributed by atoms with Crippen LogP contribution in [-0.4, -0.2) is 31.6 Å². The molecule has 0 radical (unpaired) electrons. The molecular weight excluding hydrogens is 295 g/mol. The quantitative estimate of drug-likeness (QED) is 0.919. The van der Waals surface area contributed by atoms with Crippen LogP contribution in [0.4, 0.5) is 4.39 Å². The third-order valence-electron chi connectivity index (χ3n) is 3.47. The van der Waals surface area contributed by atoms with E-state index in [0.717, 1.165) is 37.7 Å². The van der Waals surface area contributed by atoms with Crippen molar-refractivity contribution in [2.45, 2.75) is 19.4 Å². The first-order valence-corrected chi connectivity index (χ1v) is 7.27. The minimum atomic E-state index is -0.178. The standard InChI is InChI=1S/C14H20BrFN2/c1-18(9-11-4-6-17-7-5-11)10-12-2-3-13(15)14(16)8-12/h2-3,8,11,17H,4-7,9-10H2,1H3. The summed E-state index contributed by atoms with van der Waals surface area (Å²) in [4.78, 5) is 2.29. The lowest BCUT2D eigenvalue weighted by Crippen LogP contribution is -2.34. The van der Waals surface area contributed by atoms with Crippen molar-refractivity contribution in [3.63, 3.8) is 0 Å². The van der Waals surface area contributed by atoms with Crippen LogP contribution in [0, 0.1) is 11.7 Å². The number of piperidine rings is 1. The molecular formula is C14H20BrFN2. The fourth-order valence-electron chi connectivity index (χ4n) is 2.52. The van der Waals surface area contributed by atoms with Gasteiger partial charge in [-0.05, 0) is 72.5 Å². The maximum Gasteiger partial charge on any atom is 0.137 e. The van der Waals surface area contributed by atoms with Gasteiger partial charge < -0.3 is 10.2 Å². The van der Waals surface area contributed by atoms with E-state index >= 15 is 0 Å². The molecule has 0 atom stereocenters. The van der Waals surface area contributed by atoms with Crippen LogP contribution < -0.4 is 5.32 Å². The summed E-state index contributed by atoms with van der Waals surface area (Å²) in [5.41, 5.74) is 1.03. The molecule has 4 heteroatoms. The molecule has 2 rings (SSSR count). The number of nitrogens with one attached hydrogen (secondary N) is 1. The van der Waals surface area contributed by atoms with Gasteiger partial charge >= 0.3 is 0 Å². The van der Waals surface area contributed by atoms with Crippen LogP contribution in [0.15, 0.2) is 22.7 Å². The molecule has 0 aliphatic carbocycles. The van der Waals surface area contributed by atoms with Crippen molar-refractivity contribution in [2.75, 3.05) is 26.7 Å². The number of rotatable bonds is 4. The largest absolute Gasteiger partial charge is 0.317 e. The number of halogens is 2. The lowest BCUT2D eigenvalue weighted by atomic mass is 9.97. The molecule has 1 N–H and O–H groups in total. The van der Waals surface area contributed by atoms with E-state index in [-0.39, 0.29) is 5.82 Å². The Bertz CT molecular complexity index is 391. The molecule has 18 heavy (non-hydrogen) atoms. The highest BCUT2D eigenvalue weighted by Crippen LogP contribution is 2.18. The topological polar surface area (TPSA) is 15.3 Å². The summed E-state index contributed by atoms with van der Waals surface area (Å²) in [7, 11) is 2.11. The van der Waals surface area contributed by atoms with E-state index in [9.17, 15) is 4.39 Å². The number of hydrogen-bond acceptors (Lipinski definition) is 2. The van der Waals surface area contributed by atoms with Crippen molar-refractivity contribution in [1.82, 2.24) is 10.2 Å². The van der Waals surface area contributed by atoms with Gasteiger partial charge in [0, 0.05) is 13.1 Å². The Morgan fingerprint density at radius 2 is 2.11 bits per heavy atom. The second-order valence-corrected chi connectivity index (χ2v) is 5.99. The Balaban J connectivity index is 1.85. The number of benzene rings is 1. The van der Waals surface area contributed by atoms with Crippen molar-refractivity contribution in [3.05, 3.63) is 34.1 Å². The highest BCUT2D eigenvalue weighted by Gasteiger charge is 2.15. The smallest absolute Gasteiger partial charge is 0.137 e. The first-order chi connectivity index (χ1) is 8.65. The van der Waals surface area contributed by atoms with Crippen LogP contribution in [0.25, 0.3) is 0 Å². The summed E-state index contributed by atoms with van der Waals surface area (Å²) in [6, 6.07) is 5.37. The van der Waals surface area contributed by atoms with Crippen molar-refractivity contribution < 1.29 is 4.39 Å². The van der Waals surface area contributed by atoms with E-state index in [1.807, 2.05) is 6.07 Å². The maximum atomic E-state index is 13.4. The third kappa shape index (κ3) is 4.04. The van der Waals surface area contributed by atoms with E-state index in [0.29, 0.717) is 4.47 Å². The van der Waals surface area contributed by atoms with Gasteiger partial charge in [0.1, 0.15) is 5.82 Å². The van der Waals surface area contributed by atoms with E-state index < -0.39 is 0 Å². The molecule has 100 valence electrons. The van der Waals surface area contributed by atoms with Gasteiger partial charge in [-0.15, -0.1) is 0 Å². The summed E-state index contributed by atoms with van der Waals surface area (Å²) < 4.78 is 13.9. The van der Waals surface area contributed by atoms with Crippen molar-refractivity contribution >= 4 is 15.9 Å². The van der Waals surface area contributed by atoms with E-state index in [2.05, 4.69) is 33.2 Å². The Morgan fingerprint density at radius 1 is 1.39 bits per heavy atom. The van der Waals surface area contributed by atoms with Crippen molar-refractivity contribution in [2.24, 2.45) is 5.92 Å². The minimum Gasteiger partial charge on any atom is -0.317 e. The van der Waals surface area contributed by atoms with Crippen LogP contribution >= 0.6 is 15.9 Å². The molecule has 0 spiro atoms. The second kappa shape index (κ2) is 6.64. The molecule has 1 fully saturated rings. The van der Waals surface area contributed by atoms with Crippen LogP contribution in [0.5, 0.6) is 0 Å². The maximum absolute atomic E-state index is 13.4. The Hall–Kier alpha value is -0.450. The van der Waals surface area contributed by atoms with Gasteiger partial charge in [0.15, 0.2) is 0 Å². The molecule has 1 heterocycles. The summed E-state index contributed by atoms with van der Waals surface area (Å²) in [5, 5.41) is 3.38. The van der Waals surface area contributed by atoms with Gasteiger partial charge in [-0.2, -0.15) is 0 Å². The molecule has 1 aromatic rings. The minimum absolute atomic E-state index is 0.178. The zero-order valence-corrected chi connectivity index (χ0v) is 12.3. The van der Waals surface area contributed by atoms with Crippen LogP contribution in [0.3, 0.4) is 0 Å². The Kier molecular flexibility index (Phi) is 5.15. The van der Waals surface area contributed by atoms with Gasteiger partial charge in [-0.3, -0.25) is 0 Å². The zero-order chi connectivity index (χ0) is 13.0. The van der Waals surface area contributed by atoms with Crippen molar-refractivity contribution in [3.8, 4) is 0 Å². The zero-order valence-electron chi connectivity index (χ0n) is 10.8. The summed E-state index contributed by atoms with van der Waals surface area (Å²) in [6.07, 6.45) is 2.50. The number of hydrogen-bond donors (Lipinski definition) is 1. The molecule has 1 saturated heterocycles. The van der Waals surface area contributed by atoms with E-state index in [1.54, 1.807) is 12.1 Å². The average Bonchev–Trinajstić information content (AvgIpc) is 2.35. The Labute approximate surface area is 117 Å². The van der Waals surface area contributed by atoms with Gasteiger partial charge in [0.05, 0.1) is 4.47 Å². The molecule has 0 amide bonds. The SMILES string of the molecule is CN(Cc1ccc(Br)c(F)c1)CC1CCNCC1. The fraction of sp³-hybridized carbons (Fsp3) is 0.571. The summed E-state index contributed by atoms with van der Waals surface area (Å²) in [6.45, 7) is 4.17. The monoisotopic (exact) mass is 314 g/mol. The molecule has 0 aromatic heterocycles. The molecule has 0 unspecified atom stereocenters. The predicted molar refractivity (Wildman–Crippen MR) is 76.0 cm³/mol. The number of nitrogens with zero attached hydrogens (tertiary/aromatic N) is 1. The first kappa shape index (κ1) is 14.0.